The second-order valence-corrected chi connectivity index (χ2v) is 25.1. The zero-order valence-electron chi connectivity index (χ0n) is 56.9. The van der Waals surface area contributed by atoms with Gasteiger partial charge < -0.3 is 55.3 Å². The van der Waals surface area contributed by atoms with Crippen LogP contribution >= 0.6 is 0 Å². The summed E-state index contributed by atoms with van der Waals surface area (Å²) in [6.45, 7) is 15.9. The minimum absolute atomic E-state index is 0.159. The maximum absolute atomic E-state index is 14.2. The molecule has 27 nitrogen and oxygen atoms in total. The van der Waals surface area contributed by atoms with Crippen LogP contribution in [0, 0.1) is 0 Å². The van der Waals surface area contributed by atoms with Gasteiger partial charge in [-0.05, 0) is 127 Å². The van der Waals surface area contributed by atoms with Gasteiger partial charge in [-0.1, -0.05) is 121 Å². The van der Waals surface area contributed by atoms with Crippen LogP contribution in [0.4, 0.5) is 53.6 Å². The Hall–Kier alpha value is -11.5. The SMILES string of the molecule is COC(=O)[C@@H]1[C@@H](N(Cc2ccnc(N(C(=O)OC(C)(C)C)C(=O)OC(C)(C)C)c2)C(=O)N[C@H](C)c2ccccc2)C(=O)N1C(=O)N[C@H](C)c1ccccc1.COC(=O)[C@@H]1[C@@H](N(Cc2ccnc(NC(=O)C(F)(F)F)c2)C(=O)N[C@H](C)c2ccccc2)C(=O)N1C(=O)N[C@H](C)c1ccccc1. The number of likely N-dealkylation sites (tertiary alicyclic amines) is 2. The van der Waals surface area contributed by atoms with Gasteiger partial charge in [0.25, 0.3) is 11.8 Å². The summed E-state index contributed by atoms with van der Waals surface area (Å²) in [7, 11) is 2.18. The number of hydrogen-bond acceptors (Lipinski definition) is 17. The zero-order chi connectivity index (χ0) is 73.6. The third-order valence-corrected chi connectivity index (χ3v) is 15.4. The van der Waals surface area contributed by atoms with Crippen molar-refractivity contribution in [1.82, 2.24) is 50.8 Å². The normalized spacial score (nSPS) is 16.8. The van der Waals surface area contributed by atoms with Gasteiger partial charge in [0.15, 0.2) is 12.1 Å². The van der Waals surface area contributed by atoms with Crippen LogP contribution in [0.5, 0.6) is 0 Å². The lowest BCUT2D eigenvalue weighted by molar-refractivity contribution is -0.168. The van der Waals surface area contributed by atoms with Crippen molar-refractivity contribution in [3.8, 4) is 0 Å². The van der Waals surface area contributed by atoms with Crippen molar-refractivity contribution < 1.29 is 84.9 Å². The molecule has 6 aromatic rings. The summed E-state index contributed by atoms with van der Waals surface area (Å²) in [4.78, 5) is 159. The number of hydrogen-bond donors (Lipinski definition) is 5. The van der Waals surface area contributed by atoms with E-state index in [0.29, 0.717) is 15.4 Å². The summed E-state index contributed by atoms with van der Waals surface area (Å²) >= 11 is 0. The van der Waals surface area contributed by atoms with E-state index < -0.39 is 144 Å². The van der Waals surface area contributed by atoms with E-state index in [1.165, 1.54) is 24.4 Å². The van der Waals surface area contributed by atoms with Crippen LogP contribution in [0.3, 0.4) is 0 Å². The van der Waals surface area contributed by atoms with Crippen molar-refractivity contribution in [2.24, 2.45) is 0 Å². The molecule has 0 unspecified atom stereocenters. The summed E-state index contributed by atoms with van der Waals surface area (Å²) in [6.07, 6.45) is -4.88. The van der Waals surface area contributed by atoms with Crippen molar-refractivity contribution in [3.63, 3.8) is 0 Å². The highest BCUT2D eigenvalue weighted by atomic mass is 19.4. The van der Waals surface area contributed by atoms with Crippen LogP contribution in [0.25, 0.3) is 0 Å². The van der Waals surface area contributed by atoms with Gasteiger partial charge >= 0.3 is 60.3 Å². The van der Waals surface area contributed by atoms with Crippen LogP contribution < -0.4 is 31.5 Å². The average Bonchev–Trinajstić information content (AvgIpc) is 0.740. The number of rotatable bonds is 18. The third-order valence-electron chi connectivity index (χ3n) is 15.4. The minimum atomic E-state index is -5.18. The number of ether oxygens (including phenoxy) is 4. The van der Waals surface area contributed by atoms with E-state index >= 15 is 0 Å². The molecular formula is C70H79F3N12O15. The number of urea groups is 4. The standard InChI is InChI=1S/C39H48N6O9.C31H31F3N6O6/c1-24(27-16-12-10-13-17-27)41-34(48)43(30-31(33(47)52-9)45(32(30)46)35(49)42-25(2)28-18-14-11-15-19-28)23-26-20-21-40-29(22-26)44(36(50)53-38(3,4)5)37(51)54-39(6,7)8;1-18(21-10-6-4-7-11-21)36-29(44)39(17-20-14-15-35-23(16-20)38-28(43)31(32,33)34)24-25(27(42)46-3)40(26(24)41)30(45)37-19(2)22-12-8-5-9-13-22/h10-22,24-25,30-31H,23H2,1-9H3,(H,41,48)(H,42,49);4-16,18-19,24-25H,17H2,1-3H3,(H,36,44)(H,37,45)(H,35,38,43)/t24-,25-,30-,31+;18-,19-,24-,25+/m11/s1. The number of nitrogens with zero attached hydrogens (tertiary/aromatic N) is 7. The van der Waals surface area contributed by atoms with E-state index in [1.54, 1.807) is 159 Å². The molecule has 2 aromatic heterocycles. The lowest BCUT2D eigenvalue weighted by Crippen LogP contribution is -2.76. The zero-order valence-corrected chi connectivity index (χ0v) is 56.9. The first kappa shape index (κ1) is 75.9. The van der Waals surface area contributed by atoms with Crippen molar-refractivity contribution in [2.75, 3.05) is 24.4 Å². The number of carbonyl (C=O) groups excluding carboxylic acids is 11. The number of β-lactam (4-membered cyclic amide) rings is 2. The first-order valence-electron chi connectivity index (χ1n) is 31.4. The molecule has 13 amide bonds. The van der Waals surface area contributed by atoms with E-state index in [4.69, 9.17) is 18.9 Å². The van der Waals surface area contributed by atoms with Crippen LogP contribution in [-0.2, 0) is 56.0 Å². The quantitative estimate of drug-likeness (QED) is 0.0303. The average molecular weight is 1390 g/mol. The molecule has 2 fully saturated rings. The van der Waals surface area contributed by atoms with Crippen LogP contribution in [0.15, 0.2) is 158 Å². The van der Waals surface area contributed by atoms with Crippen molar-refractivity contribution in [3.05, 3.63) is 191 Å². The number of amides is 13. The number of halogens is 3. The number of esters is 2. The van der Waals surface area contributed by atoms with Crippen molar-refractivity contribution >= 4 is 77.6 Å². The summed E-state index contributed by atoms with van der Waals surface area (Å²) in [5.74, 6) is -6.52. The molecule has 4 aromatic carbocycles. The molecule has 2 saturated heterocycles. The lowest BCUT2D eigenvalue weighted by Gasteiger charge is -2.48. The molecule has 8 atom stereocenters. The molecule has 0 saturated carbocycles. The largest absolute Gasteiger partial charge is 0.471 e. The maximum atomic E-state index is 14.2. The topological polar surface area (TPSA) is 327 Å². The van der Waals surface area contributed by atoms with Gasteiger partial charge in [0.2, 0.25) is 0 Å². The van der Waals surface area contributed by atoms with E-state index in [1.807, 2.05) is 36.4 Å². The van der Waals surface area contributed by atoms with Crippen molar-refractivity contribution in [2.45, 2.75) is 148 Å². The van der Waals surface area contributed by atoms with Gasteiger partial charge in [-0.15, -0.1) is 0 Å². The van der Waals surface area contributed by atoms with Crippen LogP contribution in [0.1, 0.15) is 127 Å². The fourth-order valence-corrected chi connectivity index (χ4v) is 10.4. The van der Waals surface area contributed by atoms with E-state index in [9.17, 15) is 65.9 Å². The first-order chi connectivity index (χ1) is 47.1. The molecule has 0 radical (unpaired) electrons. The Morgan fingerprint density at radius 1 is 0.490 bits per heavy atom. The highest BCUT2D eigenvalue weighted by Gasteiger charge is 2.61. The number of methoxy groups -OCH3 is 2. The summed E-state index contributed by atoms with van der Waals surface area (Å²) < 4.78 is 59.4. The molecule has 100 heavy (non-hydrogen) atoms. The van der Waals surface area contributed by atoms with Crippen LogP contribution in [0.2, 0.25) is 0 Å². The van der Waals surface area contributed by atoms with Gasteiger partial charge in [-0.3, -0.25) is 14.4 Å². The number of benzene rings is 4. The first-order valence-corrected chi connectivity index (χ1v) is 31.4. The molecular weight excluding hydrogens is 1310 g/mol. The van der Waals surface area contributed by atoms with Crippen molar-refractivity contribution in [1.29, 1.82) is 0 Å². The Kier molecular flexibility index (Phi) is 24.8. The smallest absolute Gasteiger partial charge is 0.467 e. The summed E-state index contributed by atoms with van der Waals surface area (Å²) in [6, 6.07) is 29.6. The Morgan fingerprint density at radius 3 is 1.15 bits per heavy atom. The molecule has 530 valence electrons. The second-order valence-electron chi connectivity index (χ2n) is 25.1. The summed E-state index contributed by atoms with van der Waals surface area (Å²) in [5, 5.41) is 12.7. The van der Waals surface area contributed by atoms with Crippen LogP contribution in [-0.4, -0.2) is 151 Å². The number of pyridine rings is 2. The van der Waals surface area contributed by atoms with Gasteiger partial charge in [0, 0.05) is 25.5 Å². The number of anilines is 2. The predicted molar refractivity (Wildman–Crippen MR) is 356 cm³/mol. The summed E-state index contributed by atoms with van der Waals surface area (Å²) in [5.41, 5.74) is 1.48. The fourth-order valence-electron chi connectivity index (χ4n) is 10.4. The van der Waals surface area contributed by atoms with E-state index in [0.717, 1.165) is 63.4 Å². The molecule has 30 heteroatoms. The van der Waals surface area contributed by atoms with Gasteiger partial charge in [-0.2, -0.15) is 18.1 Å². The lowest BCUT2D eigenvalue weighted by atomic mass is 9.93. The molecule has 0 aliphatic carbocycles. The monoisotopic (exact) mass is 1380 g/mol. The van der Waals surface area contributed by atoms with Gasteiger partial charge in [0.05, 0.1) is 38.4 Å². The fraction of sp³-hybridized carbons (Fsp3) is 0.357. The molecule has 2 aliphatic rings. The number of nitrogens with one attached hydrogen (secondary N) is 5. The highest BCUT2D eigenvalue weighted by molar-refractivity contribution is 6.12. The number of carbonyl (C=O) groups is 11. The highest BCUT2D eigenvalue weighted by Crippen LogP contribution is 2.33. The third kappa shape index (κ3) is 19.4. The number of alkyl halides is 3. The second kappa shape index (κ2) is 32.7. The van der Waals surface area contributed by atoms with E-state index in [2.05, 4.69) is 31.2 Å². The van der Waals surface area contributed by atoms with E-state index in [-0.39, 0.29) is 17.9 Å². The minimum Gasteiger partial charge on any atom is -0.467 e. The Bertz CT molecular complexity index is 3910. The Morgan fingerprint density at radius 2 is 0.820 bits per heavy atom. The number of imide groups is 3. The molecule has 4 heterocycles. The Balaban J connectivity index is 0.000000284. The Labute approximate surface area is 575 Å². The molecule has 5 N–H and O–H groups in total. The molecule has 2 aliphatic heterocycles. The van der Waals surface area contributed by atoms with Gasteiger partial charge in [0.1, 0.15) is 34.9 Å². The number of aromatic nitrogens is 2. The predicted octanol–water partition coefficient (Wildman–Crippen LogP) is 10.3. The molecule has 0 spiro atoms. The van der Waals surface area contributed by atoms with Gasteiger partial charge in [-0.25, -0.2) is 58.1 Å². The molecule has 8 rings (SSSR count). The molecule has 0 bridgehead atoms. The maximum Gasteiger partial charge on any atom is 0.471 e.